The predicted molar refractivity (Wildman–Crippen MR) is 146 cm³/mol. The lowest BCUT2D eigenvalue weighted by Crippen LogP contribution is -1.92. The zero-order valence-electron chi connectivity index (χ0n) is 22.5. The van der Waals surface area contributed by atoms with Crippen LogP contribution in [0.1, 0.15) is 56.7 Å². The molecule has 0 unspecified atom stereocenters. The van der Waals surface area contributed by atoms with Crippen molar-refractivity contribution < 1.29 is 29.5 Å². The molecule has 198 valence electrons. The highest BCUT2D eigenvalue weighted by Gasteiger charge is 2.10. The van der Waals surface area contributed by atoms with E-state index in [1.165, 1.54) is 25.3 Å². The Kier molecular flexibility index (Phi) is 14.4. The quantitative estimate of drug-likeness (QED) is 0.293. The van der Waals surface area contributed by atoms with E-state index in [-0.39, 0.29) is 11.5 Å². The number of ether oxygens (including phenoxy) is 3. The van der Waals surface area contributed by atoms with Gasteiger partial charge in [-0.05, 0) is 72.4 Å². The molecule has 6 heteroatoms. The second-order valence-electron chi connectivity index (χ2n) is 8.27. The van der Waals surface area contributed by atoms with Gasteiger partial charge in [-0.3, -0.25) is 0 Å². The minimum atomic E-state index is 0.0647. The highest BCUT2D eigenvalue weighted by atomic mass is 16.5. The van der Waals surface area contributed by atoms with Crippen LogP contribution in [0.4, 0.5) is 0 Å². The molecular formula is C30H42O6. The summed E-state index contributed by atoms with van der Waals surface area (Å²) in [6.07, 6.45) is 6.39. The van der Waals surface area contributed by atoms with Crippen molar-refractivity contribution in [3.05, 3.63) is 71.3 Å². The number of phenolic OH excluding ortho intramolecular Hbond substituents is 3. The summed E-state index contributed by atoms with van der Waals surface area (Å²) in [6.45, 7) is 6.37. The first kappa shape index (κ1) is 30.5. The van der Waals surface area contributed by atoms with E-state index in [0.717, 1.165) is 44.1 Å². The molecule has 0 aliphatic carbocycles. The third-order valence-electron chi connectivity index (χ3n) is 5.34. The summed E-state index contributed by atoms with van der Waals surface area (Å²) < 4.78 is 15.1. The average molecular weight is 499 g/mol. The van der Waals surface area contributed by atoms with Gasteiger partial charge in [0.05, 0.1) is 21.3 Å². The van der Waals surface area contributed by atoms with Gasteiger partial charge in [0.15, 0.2) is 23.0 Å². The first-order chi connectivity index (χ1) is 17.3. The maximum absolute atomic E-state index is 9.63. The van der Waals surface area contributed by atoms with Gasteiger partial charge in [0.1, 0.15) is 5.75 Å². The van der Waals surface area contributed by atoms with E-state index in [1.807, 2.05) is 36.4 Å². The number of aryl methyl sites for hydroxylation is 3. The van der Waals surface area contributed by atoms with Crippen LogP contribution in [0.5, 0.6) is 34.5 Å². The van der Waals surface area contributed by atoms with Gasteiger partial charge in [-0.15, -0.1) is 0 Å². The Hall–Kier alpha value is -3.54. The molecule has 0 saturated carbocycles. The van der Waals surface area contributed by atoms with Crippen molar-refractivity contribution in [1.82, 2.24) is 0 Å². The number of rotatable bonds is 9. The number of phenols is 3. The van der Waals surface area contributed by atoms with E-state index < -0.39 is 0 Å². The Bertz CT molecular complexity index is 989. The van der Waals surface area contributed by atoms with Gasteiger partial charge >= 0.3 is 0 Å². The van der Waals surface area contributed by atoms with Crippen molar-refractivity contribution in [2.75, 3.05) is 21.3 Å². The van der Waals surface area contributed by atoms with Crippen molar-refractivity contribution >= 4 is 0 Å². The summed E-state index contributed by atoms with van der Waals surface area (Å²) in [4.78, 5) is 0. The normalized spacial score (nSPS) is 9.83. The molecule has 3 N–H and O–H groups in total. The Morgan fingerprint density at radius 3 is 1.42 bits per heavy atom. The molecule has 0 spiro atoms. The number of aromatic hydroxyl groups is 3. The smallest absolute Gasteiger partial charge is 0.200 e. The van der Waals surface area contributed by atoms with E-state index in [9.17, 15) is 10.2 Å². The third-order valence-corrected chi connectivity index (χ3v) is 5.34. The SMILES string of the molecule is CCCc1cc(OC)c(O)c(OC)c1.CCCc1ccc(O)c(OC)c1.CCCc1ccc(O)cc1. The van der Waals surface area contributed by atoms with Crippen LogP contribution >= 0.6 is 0 Å². The summed E-state index contributed by atoms with van der Waals surface area (Å²) >= 11 is 0. The molecule has 0 heterocycles. The molecule has 0 fully saturated rings. The number of methoxy groups -OCH3 is 3. The summed E-state index contributed by atoms with van der Waals surface area (Å²) in [5.74, 6) is 2.11. The molecule has 0 bridgehead atoms. The molecular weight excluding hydrogens is 456 g/mol. The van der Waals surface area contributed by atoms with Crippen LogP contribution < -0.4 is 14.2 Å². The topological polar surface area (TPSA) is 88.4 Å². The van der Waals surface area contributed by atoms with E-state index in [2.05, 4.69) is 20.8 Å². The molecule has 0 atom stereocenters. The van der Waals surface area contributed by atoms with Crippen LogP contribution in [0, 0.1) is 0 Å². The summed E-state index contributed by atoms with van der Waals surface area (Å²) in [7, 11) is 4.62. The van der Waals surface area contributed by atoms with Crippen LogP contribution in [0.25, 0.3) is 0 Å². The third kappa shape index (κ3) is 10.4. The minimum Gasteiger partial charge on any atom is -0.508 e. The zero-order valence-corrected chi connectivity index (χ0v) is 22.5. The maximum Gasteiger partial charge on any atom is 0.200 e. The Morgan fingerprint density at radius 2 is 0.944 bits per heavy atom. The van der Waals surface area contributed by atoms with Crippen molar-refractivity contribution in [3.8, 4) is 34.5 Å². The molecule has 0 amide bonds. The molecule has 0 aliphatic rings. The van der Waals surface area contributed by atoms with Gasteiger partial charge in [-0.2, -0.15) is 0 Å². The predicted octanol–water partition coefficient (Wildman–Crippen LogP) is 7.06. The lowest BCUT2D eigenvalue weighted by Gasteiger charge is -2.10. The average Bonchev–Trinajstić information content (AvgIpc) is 2.88. The summed E-state index contributed by atoms with van der Waals surface area (Å²) in [5, 5.41) is 27.8. The zero-order chi connectivity index (χ0) is 26.9. The van der Waals surface area contributed by atoms with E-state index in [1.54, 1.807) is 25.3 Å². The van der Waals surface area contributed by atoms with E-state index >= 15 is 0 Å². The van der Waals surface area contributed by atoms with Gasteiger partial charge in [-0.1, -0.05) is 58.2 Å². The fourth-order valence-corrected chi connectivity index (χ4v) is 3.50. The molecule has 36 heavy (non-hydrogen) atoms. The number of hydrogen-bond acceptors (Lipinski definition) is 6. The fourth-order valence-electron chi connectivity index (χ4n) is 3.50. The van der Waals surface area contributed by atoms with E-state index in [0.29, 0.717) is 23.0 Å². The van der Waals surface area contributed by atoms with Gasteiger partial charge in [0.2, 0.25) is 5.75 Å². The van der Waals surface area contributed by atoms with Crippen molar-refractivity contribution in [1.29, 1.82) is 0 Å². The van der Waals surface area contributed by atoms with Crippen LogP contribution in [0.3, 0.4) is 0 Å². The highest BCUT2D eigenvalue weighted by molar-refractivity contribution is 5.52. The van der Waals surface area contributed by atoms with Gasteiger partial charge in [-0.25, -0.2) is 0 Å². The molecule has 0 aromatic heterocycles. The Morgan fingerprint density at radius 1 is 0.528 bits per heavy atom. The van der Waals surface area contributed by atoms with Gasteiger partial charge in [0.25, 0.3) is 0 Å². The molecule has 0 radical (unpaired) electrons. The molecule has 0 saturated heterocycles. The largest absolute Gasteiger partial charge is 0.508 e. The van der Waals surface area contributed by atoms with Gasteiger partial charge in [0, 0.05) is 0 Å². The van der Waals surface area contributed by atoms with Crippen LogP contribution in [-0.2, 0) is 19.3 Å². The number of hydrogen-bond donors (Lipinski definition) is 3. The first-order valence-corrected chi connectivity index (χ1v) is 12.4. The minimum absolute atomic E-state index is 0.0647. The molecule has 3 rings (SSSR count). The number of benzene rings is 3. The Labute approximate surface area is 216 Å². The molecule has 3 aromatic carbocycles. The maximum atomic E-state index is 9.63. The van der Waals surface area contributed by atoms with E-state index in [4.69, 9.17) is 19.3 Å². The fraction of sp³-hybridized carbons (Fsp3) is 0.400. The lowest BCUT2D eigenvalue weighted by atomic mass is 10.1. The lowest BCUT2D eigenvalue weighted by molar-refractivity contribution is 0.339. The first-order valence-electron chi connectivity index (χ1n) is 12.4. The molecule has 3 aromatic rings. The van der Waals surface area contributed by atoms with Crippen molar-refractivity contribution in [3.63, 3.8) is 0 Å². The summed E-state index contributed by atoms with van der Waals surface area (Å²) in [6, 6.07) is 16.5. The van der Waals surface area contributed by atoms with Crippen LogP contribution in [0.2, 0.25) is 0 Å². The summed E-state index contributed by atoms with van der Waals surface area (Å²) in [5.41, 5.74) is 3.60. The molecule has 6 nitrogen and oxygen atoms in total. The standard InChI is InChI=1S/C11H16O3.C10H14O2.C9H12O/c1-4-5-8-6-9(13-2)11(12)10(7-8)14-3;1-3-4-8-5-6-9(11)10(7-8)12-2;1-2-3-8-4-6-9(10)7-5-8/h6-7,12H,4-5H2,1-3H3;5-7,11H,3-4H2,1-2H3;4-7,10H,2-3H2,1H3. The second kappa shape index (κ2) is 17.0. The van der Waals surface area contributed by atoms with Crippen LogP contribution in [-0.4, -0.2) is 36.6 Å². The van der Waals surface area contributed by atoms with Crippen molar-refractivity contribution in [2.45, 2.75) is 59.3 Å². The molecule has 0 aliphatic heterocycles. The van der Waals surface area contributed by atoms with Crippen molar-refractivity contribution in [2.24, 2.45) is 0 Å². The monoisotopic (exact) mass is 498 g/mol. The highest BCUT2D eigenvalue weighted by Crippen LogP contribution is 2.37. The second-order valence-corrected chi connectivity index (χ2v) is 8.27. The Balaban J connectivity index is 0.000000274. The van der Waals surface area contributed by atoms with Crippen LogP contribution in [0.15, 0.2) is 54.6 Å². The van der Waals surface area contributed by atoms with Gasteiger partial charge < -0.3 is 29.5 Å².